The summed E-state index contributed by atoms with van der Waals surface area (Å²) >= 11 is 0. The van der Waals surface area contributed by atoms with Gasteiger partial charge in [-0.3, -0.25) is 4.79 Å². The average molecular weight is 183 g/mol. The van der Waals surface area contributed by atoms with Crippen molar-refractivity contribution in [1.82, 2.24) is 4.90 Å². The molecule has 2 heteroatoms. The minimum absolute atomic E-state index is 0.253. The van der Waals surface area contributed by atoms with E-state index in [4.69, 9.17) is 0 Å². The normalized spacial score (nSPS) is 27.6. The lowest BCUT2D eigenvalue weighted by Crippen LogP contribution is -2.57. The number of amides is 1. The molecule has 1 aliphatic rings. The van der Waals surface area contributed by atoms with Gasteiger partial charge in [-0.15, -0.1) is 0 Å². The van der Waals surface area contributed by atoms with E-state index in [1.807, 2.05) is 0 Å². The minimum atomic E-state index is 0.253. The quantitative estimate of drug-likeness (QED) is 0.658. The van der Waals surface area contributed by atoms with E-state index >= 15 is 0 Å². The maximum absolute atomic E-state index is 11.3. The highest BCUT2D eigenvalue weighted by Crippen LogP contribution is 2.32. The van der Waals surface area contributed by atoms with E-state index in [1.165, 1.54) is 6.42 Å². The Morgan fingerprint density at radius 3 is 2.46 bits per heavy atom. The number of carbonyl (C=O) groups is 1. The molecule has 0 aromatic rings. The molecule has 1 heterocycles. The lowest BCUT2D eigenvalue weighted by atomic mass is 9.85. The summed E-state index contributed by atoms with van der Waals surface area (Å²) in [6, 6.07) is 1.06. The highest BCUT2D eigenvalue weighted by Gasteiger charge is 2.38. The first-order valence-electron chi connectivity index (χ1n) is 5.35. The molecule has 0 radical (unpaired) electrons. The highest BCUT2D eigenvalue weighted by atomic mass is 16.2. The average Bonchev–Trinajstić information content (AvgIpc) is 1.94. The molecule has 0 spiro atoms. The maximum Gasteiger partial charge on any atom is 0.219 e. The van der Waals surface area contributed by atoms with Crippen molar-refractivity contribution in [3.63, 3.8) is 0 Å². The molecule has 0 aromatic heterocycles. The van der Waals surface area contributed by atoms with Gasteiger partial charge >= 0.3 is 0 Å². The molecule has 76 valence electrons. The summed E-state index contributed by atoms with van der Waals surface area (Å²) in [7, 11) is 0. The number of carbonyl (C=O) groups excluding carboxylic acids is 1. The van der Waals surface area contributed by atoms with Crippen molar-refractivity contribution in [1.29, 1.82) is 0 Å². The van der Waals surface area contributed by atoms with Gasteiger partial charge in [-0.05, 0) is 25.2 Å². The monoisotopic (exact) mass is 183 g/mol. The van der Waals surface area contributed by atoms with E-state index in [0.717, 1.165) is 12.8 Å². The van der Waals surface area contributed by atoms with Crippen molar-refractivity contribution in [2.45, 2.75) is 59.0 Å². The molecular formula is C11H21NO. The van der Waals surface area contributed by atoms with Gasteiger partial charge in [0.25, 0.3) is 0 Å². The zero-order valence-corrected chi connectivity index (χ0v) is 9.21. The maximum atomic E-state index is 11.3. The van der Waals surface area contributed by atoms with Crippen LogP contribution < -0.4 is 0 Å². The molecule has 1 amide bonds. The number of likely N-dealkylation sites (tertiary alicyclic amines) is 1. The molecule has 1 aliphatic heterocycles. The van der Waals surface area contributed by atoms with Gasteiger partial charge in [-0.25, -0.2) is 0 Å². The van der Waals surface area contributed by atoms with E-state index in [2.05, 4.69) is 25.7 Å². The third kappa shape index (κ3) is 2.23. The van der Waals surface area contributed by atoms with Crippen molar-refractivity contribution in [3.05, 3.63) is 0 Å². The van der Waals surface area contributed by atoms with E-state index in [0.29, 0.717) is 18.0 Å². The summed E-state index contributed by atoms with van der Waals surface area (Å²) in [5, 5.41) is 0. The fourth-order valence-corrected chi connectivity index (χ4v) is 2.33. The number of hydrogen-bond acceptors (Lipinski definition) is 1. The van der Waals surface area contributed by atoms with Crippen LogP contribution in [0.4, 0.5) is 0 Å². The first-order chi connectivity index (χ1) is 6.06. The van der Waals surface area contributed by atoms with Crippen molar-refractivity contribution in [2.75, 3.05) is 0 Å². The molecule has 2 unspecified atom stereocenters. The molecule has 0 aromatic carbocycles. The molecule has 1 rings (SSSR count). The van der Waals surface area contributed by atoms with Crippen LogP contribution >= 0.6 is 0 Å². The molecule has 1 saturated heterocycles. The molecule has 2 atom stereocenters. The van der Waals surface area contributed by atoms with Crippen molar-refractivity contribution in [3.8, 4) is 0 Å². The van der Waals surface area contributed by atoms with E-state index in [9.17, 15) is 4.79 Å². The molecule has 0 aliphatic carbocycles. The lowest BCUT2D eigenvalue weighted by Gasteiger charge is -2.49. The molecule has 2 nitrogen and oxygen atoms in total. The summed E-state index contributed by atoms with van der Waals surface area (Å²) in [6.45, 7) is 8.29. The van der Waals surface area contributed by atoms with Crippen LogP contribution in [0.5, 0.6) is 0 Å². The fraction of sp³-hybridized carbons (Fsp3) is 0.909. The first kappa shape index (κ1) is 10.6. The Morgan fingerprint density at radius 2 is 2.08 bits per heavy atom. The Kier molecular flexibility index (Phi) is 3.34. The van der Waals surface area contributed by atoms with Gasteiger partial charge in [0.05, 0.1) is 0 Å². The number of nitrogens with zero attached hydrogens (tertiary/aromatic N) is 1. The van der Waals surface area contributed by atoms with E-state index < -0.39 is 0 Å². The molecular weight excluding hydrogens is 162 g/mol. The standard InChI is InChI=1S/C11H21NO/c1-5-10-7-11(6-8(2)3)12(10)9(4)13/h8,10-11H,5-7H2,1-4H3. The molecule has 0 bridgehead atoms. The Bertz CT molecular complexity index is 189. The predicted molar refractivity (Wildman–Crippen MR) is 54.5 cm³/mol. The van der Waals surface area contributed by atoms with Gasteiger partial charge < -0.3 is 4.90 Å². The Morgan fingerprint density at radius 1 is 1.46 bits per heavy atom. The van der Waals surface area contributed by atoms with Crippen molar-refractivity contribution in [2.24, 2.45) is 5.92 Å². The zero-order chi connectivity index (χ0) is 10.0. The summed E-state index contributed by atoms with van der Waals surface area (Å²) in [4.78, 5) is 13.4. The van der Waals surface area contributed by atoms with Crippen LogP contribution in [0.1, 0.15) is 47.0 Å². The molecule has 1 fully saturated rings. The van der Waals surface area contributed by atoms with Gasteiger partial charge in [0.1, 0.15) is 0 Å². The van der Waals surface area contributed by atoms with Crippen LogP contribution in [0.25, 0.3) is 0 Å². The third-order valence-corrected chi connectivity index (χ3v) is 2.91. The second-order valence-corrected chi connectivity index (χ2v) is 4.51. The van der Waals surface area contributed by atoms with Gasteiger partial charge in [0.2, 0.25) is 5.91 Å². The smallest absolute Gasteiger partial charge is 0.219 e. The fourth-order valence-electron chi connectivity index (χ4n) is 2.33. The predicted octanol–water partition coefficient (Wildman–Crippen LogP) is 2.43. The van der Waals surface area contributed by atoms with Gasteiger partial charge in [-0.1, -0.05) is 20.8 Å². The SMILES string of the molecule is CCC1CC(CC(C)C)N1C(C)=O. The topological polar surface area (TPSA) is 20.3 Å². The Labute approximate surface area is 81.3 Å². The molecule has 13 heavy (non-hydrogen) atoms. The highest BCUT2D eigenvalue weighted by molar-refractivity contribution is 5.75. The Balaban J connectivity index is 2.47. The summed E-state index contributed by atoms with van der Waals surface area (Å²) in [5.41, 5.74) is 0. The van der Waals surface area contributed by atoms with E-state index in [1.54, 1.807) is 6.92 Å². The lowest BCUT2D eigenvalue weighted by molar-refractivity contribution is -0.143. The second-order valence-electron chi connectivity index (χ2n) is 4.51. The summed E-state index contributed by atoms with van der Waals surface area (Å²) in [6.07, 6.45) is 3.48. The third-order valence-electron chi connectivity index (χ3n) is 2.91. The first-order valence-corrected chi connectivity index (χ1v) is 5.35. The van der Waals surface area contributed by atoms with Crippen LogP contribution in [0.15, 0.2) is 0 Å². The summed E-state index contributed by atoms with van der Waals surface area (Å²) < 4.78 is 0. The number of rotatable bonds is 3. The van der Waals surface area contributed by atoms with Crippen LogP contribution in [0, 0.1) is 5.92 Å². The number of hydrogen-bond donors (Lipinski definition) is 0. The van der Waals surface area contributed by atoms with Crippen molar-refractivity contribution >= 4 is 5.91 Å². The van der Waals surface area contributed by atoms with Gasteiger partial charge in [0.15, 0.2) is 0 Å². The second kappa shape index (κ2) is 4.12. The Hall–Kier alpha value is -0.530. The molecule has 0 saturated carbocycles. The van der Waals surface area contributed by atoms with Crippen LogP contribution in [-0.4, -0.2) is 22.9 Å². The van der Waals surface area contributed by atoms with Crippen LogP contribution in [0.3, 0.4) is 0 Å². The largest absolute Gasteiger partial charge is 0.337 e. The van der Waals surface area contributed by atoms with Gasteiger partial charge in [-0.2, -0.15) is 0 Å². The summed E-state index contributed by atoms with van der Waals surface area (Å²) in [5.74, 6) is 0.952. The van der Waals surface area contributed by atoms with Crippen molar-refractivity contribution < 1.29 is 4.79 Å². The van der Waals surface area contributed by atoms with Crippen LogP contribution in [-0.2, 0) is 4.79 Å². The van der Waals surface area contributed by atoms with E-state index in [-0.39, 0.29) is 5.91 Å². The van der Waals surface area contributed by atoms with Crippen LogP contribution in [0.2, 0.25) is 0 Å². The zero-order valence-electron chi connectivity index (χ0n) is 9.21. The van der Waals surface area contributed by atoms with Gasteiger partial charge in [0, 0.05) is 19.0 Å². The molecule has 0 N–H and O–H groups in total. The minimum Gasteiger partial charge on any atom is -0.337 e.